The summed E-state index contributed by atoms with van der Waals surface area (Å²) in [6.45, 7) is 1.70. The first-order valence-corrected chi connectivity index (χ1v) is 10.3. The second kappa shape index (κ2) is 10.0. The molecular formula is C22H23N3O6S. The first kappa shape index (κ1) is 22.9. The summed E-state index contributed by atoms with van der Waals surface area (Å²) in [5, 5.41) is 5.81. The van der Waals surface area contributed by atoms with E-state index in [0.717, 1.165) is 11.3 Å². The lowest BCUT2D eigenvalue weighted by molar-refractivity contribution is 0.101. The lowest BCUT2D eigenvalue weighted by Gasteiger charge is -2.13. The van der Waals surface area contributed by atoms with Gasteiger partial charge in [-0.15, -0.1) is 0 Å². The van der Waals surface area contributed by atoms with Crippen LogP contribution < -0.4 is 29.6 Å². The lowest BCUT2D eigenvalue weighted by Crippen LogP contribution is -2.12. The van der Waals surface area contributed by atoms with Crippen molar-refractivity contribution in [2.24, 2.45) is 0 Å². The molecule has 0 radical (unpaired) electrons. The number of hydrogen-bond acceptors (Lipinski definition) is 8. The summed E-state index contributed by atoms with van der Waals surface area (Å²) < 4.78 is 21.0. The number of methoxy groups -OCH3 is 4. The second-order valence-corrected chi connectivity index (χ2v) is 7.48. The summed E-state index contributed by atoms with van der Waals surface area (Å²) in [6.07, 6.45) is 0. The van der Waals surface area contributed by atoms with Crippen LogP contribution in [-0.4, -0.2) is 45.2 Å². The molecular weight excluding hydrogens is 434 g/mol. The SMILES string of the molecule is COc1ccc(NC(=O)c2sc(NC(=O)c3cc(OC)c(OC)c(OC)c3)nc2C)cc1. The Morgan fingerprint density at radius 1 is 0.844 bits per heavy atom. The van der Waals surface area contributed by atoms with Gasteiger partial charge < -0.3 is 24.3 Å². The van der Waals surface area contributed by atoms with Crippen molar-refractivity contribution < 1.29 is 28.5 Å². The Kier molecular flexibility index (Phi) is 7.16. The number of carbonyl (C=O) groups is 2. The molecule has 3 rings (SSSR count). The molecule has 1 aromatic heterocycles. The molecule has 1 heterocycles. The molecule has 2 N–H and O–H groups in total. The van der Waals surface area contributed by atoms with E-state index in [1.165, 1.54) is 33.5 Å². The number of carbonyl (C=O) groups excluding carboxylic acids is 2. The van der Waals surface area contributed by atoms with E-state index in [0.29, 0.717) is 44.4 Å². The molecule has 2 amide bonds. The number of aromatic nitrogens is 1. The fraction of sp³-hybridized carbons (Fsp3) is 0.227. The quantitative estimate of drug-likeness (QED) is 0.526. The second-order valence-electron chi connectivity index (χ2n) is 6.48. The number of nitrogens with one attached hydrogen (secondary N) is 2. The van der Waals surface area contributed by atoms with Gasteiger partial charge in [-0.1, -0.05) is 11.3 Å². The van der Waals surface area contributed by atoms with Gasteiger partial charge in [0.2, 0.25) is 5.75 Å². The van der Waals surface area contributed by atoms with Gasteiger partial charge in [0.25, 0.3) is 11.8 Å². The monoisotopic (exact) mass is 457 g/mol. The summed E-state index contributed by atoms with van der Waals surface area (Å²) >= 11 is 1.08. The third kappa shape index (κ3) is 4.92. The fourth-order valence-electron chi connectivity index (χ4n) is 2.90. The van der Waals surface area contributed by atoms with Crippen molar-refractivity contribution >= 4 is 34.0 Å². The summed E-state index contributed by atoms with van der Waals surface area (Å²) in [5.74, 6) is 1.03. The van der Waals surface area contributed by atoms with E-state index in [-0.39, 0.29) is 11.5 Å². The van der Waals surface area contributed by atoms with Crippen LogP contribution in [0, 0.1) is 6.92 Å². The van der Waals surface area contributed by atoms with Gasteiger partial charge in [-0.05, 0) is 43.3 Å². The van der Waals surface area contributed by atoms with E-state index in [1.54, 1.807) is 38.3 Å². The fourth-order valence-corrected chi connectivity index (χ4v) is 3.76. The van der Waals surface area contributed by atoms with Crippen LogP contribution in [0.4, 0.5) is 10.8 Å². The molecule has 168 valence electrons. The number of amides is 2. The largest absolute Gasteiger partial charge is 0.497 e. The number of nitrogens with zero attached hydrogens (tertiary/aromatic N) is 1. The van der Waals surface area contributed by atoms with Crippen LogP contribution in [0.15, 0.2) is 36.4 Å². The third-order valence-corrected chi connectivity index (χ3v) is 5.57. The lowest BCUT2D eigenvalue weighted by atomic mass is 10.1. The highest BCUT2D eigenvalue weighted by Crippen LogP contribution is 2.38. The van der Waals surface area contributed by atoms with Gasteiger partial charge in [0.05, 0.1) is 34.1 Å². The zero-order chi connectivity index (χ0) is 23.3. The minimum atomic E-state index is -0.430. The van der Waals surface area contributed by atoms with Gasteiger partial charge >= 0.3 is 0 Å². The minimum absolute atomic E-state index is 0.289. The molecule has 0 atom stereocenters. The molecule has 32 heavy (non-hydrogen) atoms. The van der Waals surface area contributed by atoms with Crippen LogP contribution in [-0.2, 0) is 0 Å². The Balaban J connectivity index is 1.77. The van der Waals surface area contributed by atoms with Crippen molar-refractivity contribution in [3.05, 3.63) is 52.5 Å². The third-order valence-electron chi connectivity index (χ3n) is 4.50. The predicted octanol–water partition coefficient (Wildman–Crippen LogP) is 3.99. The molecule has 0 saturated carbocycles. The Labute approximate surface area is 189 Å². The Morgan fingerprint density at radius 2 is 1.47 bits per heavy atom. The predicted molar refractivity (Wildman–Crippen MR) is 122 cm³/mol. The summed E-state index contributed by atoms with van der Waals surface area (Å²) in [4.78, 5) is 30.1. The van der Waals surface area contributed by atoms with Crippen molar-refractivity contribution in [3.63, 3.8) is 0 Å². The molecule has 3 aromatic rings. The van der Waals surface area contributed by atoms with Gasteiger partial charge in [-0.3, -0.25) is 14.9 Å². The molecule has 0 bridgehead atoms. The van der Waals surface area contributed by atoms with Gasteiger partial charge in [-0.2, -0.15) is 0 Å². The van der Waals surface area contributed by atoms with E-state index in [1.807, 2.05) is 0 Å². The van der Waals surface area contributed by atoms with E-state index in [4.69, 9.17) is 18.9 Å². The van der Waals surface area contributed by atoms with Crippen molar-refractivity contribution in [1.29, 1.82) is 0 Å². The molecule has 0 fully saturated rings. The number of ether oxygens (including phenoxy) is 4. The zero-order valence-electron chi connectivity index (χ0n) is 18.3. The molecule has 0 spiro atoms. The van der Waals surface area contributed by atoms with Gasteiger partial charge in [-0.25, -0.2) is 4.98 Å². The van der Waals surface area contributed by atoms with Crippen molar-refractivity contribution in [1.82, 2.24) is 4.98 Å². The normalized spacial score (nSPS) is 10.3. The molecule has 10 heteroatoms. The zero-order valence-corrected chi connectivity index (χ0v) is 19.1. The van der Waals surface area contributed by atoms with Crippen LogP contribution in [0.3, 0.4) is 0 Å². The highest BCUT2D eigenvalue weighted by atomic mass is 32.1. The molecule has 0 unspecified atom stereocenters. The molecule has 2 aromatic carbocycles. The number of thiazole rings is 1. The van der Waals surface area contributed by atoms with Crippen LogP contribution in [0.2, 0.25) is 0 Å². The average molecular weight is 458 g/mol. The summed E-state index contributed by atoms with van der Waals surface area (Å²) in [5.41, 5.74) is 1.41. The molecule has 0 aliphatic rings. The standard InChI is InChI=1S/C22H23N3O6S/c1-12-19(21(27)24-14-6-8-15(28-2)9-7-14)32-22(23-12)25-20(26)13-10-16(29-3)18(31-5)17(11-13)30-4/h6-11H,1-5H3,(H,24,27)(H,23,25,26). The maximum absolute atomic E-state index is 12.8. The van der Waals surface area contributed by atoms with E-state index >= 15 is 0 Å². The topological polar surface area (TPSA) is 108 Å². The first-order chi connectivity index (χ1) is 15.4. The maximum atomic E-state index is 12.8. The number of benzene rings is 2. The van der Waals surface area contributed by atoms with Gasteiger partial charge in [0.1, 0.15) is 10.6 Å². The van der Waals surface area contributed by atoms with E-state index < -0.39 is 5.91 Å². The van der Waals surface area contributed by atoms with Crippen LogP contribution >= 0.6 is 11.3 Å². The van der Waals surface area contributed by atoms with Crippen LogP contribution in [0.5, 0.6) is 23.0 Å². The van der Waals surface area contributed by atoms with Gasteiger partial charge in [0, 0.05) is 11.3 Å². The Morgan fingerprint density at radius 3 is 2.00 bits per heavy atom. The Bertz CT molecular complexity index is 1100. The number of aryl methyl sites for hydroxylation is 1. The number of anilines is 2. The maximum Gasteiger partial charge on any atom is 0.267 e. The van der Waals surface area contributed by atoms with E-state index in [9.17, 15) is 9.59 Å². The van der Waals surface area contributed by atoms with Crippen molar-refractivity contribution in [3.8, 4) is 23.0 Å². The molecule has 0 saturated heterocycles. The highest BCUT2D eigenvalue weighted by Gasteiger charge is 2.20. The molecule has 0 aliphatic carbocycles. The average Bonchev–Trinajstić information content (AvgIpc) is 3.18. The Hall–Kier alpha value is -3.79. The van der Waals surface area contributed by atoms with Crippen molar-refractivity contribution in [2.75, 3.05) is 39.1 Å². The van der Waals surface area contributed by atoms with Crippen molar-refractivity contribution in [2.45, 2.75) is 6.92 Å². The number of hydrogen-bond donors (Lipinski definition) is 2. The van der Waals surface area contributed by atoms with E-state index in [2.05, 4.69) is 15.6 Å². The molecule has 0 aliphatic heterocycles. The first-order valence-electron chi connectivity index (χ1n) is 9.44. The highest BCUT2D eigenvalue weighted by molar-refractivity contribution is 7.17. The van der Waals surface area contributed by atoms with Crippen LogP contribution in [0.25, 0.3) is 0 Å². The number of rotatable bonds is 8. The smallest absolute Gasteiger partial charge is 0.267 e. The summed E-state index contributed by atoms with van der Waals surface area (Å²) in [6, 6.07) is 10.0. The summed E-state index contributed by atoms with van der Waals surface area (Å²) in [7, 11) is 5.99. The van der Waals surface area contributed by atoms with Gasteiger partial charge in [0.15, 0.2) is 16.6 Å². The molecule has 9 nitrogen and oxygen atoms in total. The van der Waals surface area contributed by atoms with Crippen LogP contribution in [0.1, 0.15) is 25.7 Å². The minimum Gasteiger partial charge on any atom is -0.497 e.